The summed E-state index contributed by atoms with van der Waals surface area (Å²) in [4.78, 5) is -0.313. The molecule has 0 amide bonds. The van der Waals surface area contributed by atoms with E-state index < -0.39 is 81.4 Å². The number of halogens is 10. The first-order valence-electron chi connectivity index (χ1n) is 10.8. The minimum absolute atomic E-state index is 0. The Morgan fingerprint density at radius 3 is 0.927 bits per heavy atom. The van der Waals surface area contributed by atoms with Crippen molar-refractivity contribution in [1.82, 2.24) is 0 Å². The summed E-state index contributed by atoms with van der Waals surface area (Å²) >= 11 is 10.1. The molecule has 2 atom stereocenters. The number of hydrogen-bond acceptors (Lipinski definition) is 2. The molecule has 0 aliphatic heterocycles. The fourth-order valence-electron chi connectivity index (χ4n) is 3.78. The number of benzene rings is 4. The molecule has 0 fully saturated rings. The Bertz CT molecular complexity index is 1450. The molecule has 4 aromatic rings. The van der Waals surface area contributed by atoms with Gasteiger partial charge in [-0.05, 0) is 0 Å². The van der Waals surface area contributed by atoms with Gasteiger partial charge < -0.3 is 35.9 Å². The van der Waals surface area contributed by atoms with Crippen molar-refractivity contribution in [3.63, 3.8) is 0 Å². The SMILES string of the molecule is Fc1c(F)c(F)c(C([N-]c2ccccc2[S-])C([N-]c2ccccc2[S-])c2c(F)c(F)c(F)c(F)c2F)c(F)c1F.[Ni]. The van der Waals surface area contributed by atoms with Crippen LogP contribution in [0.3, 0.4) is 0 Å². The maximum absolute atomic E-state index is 15.1. The Kier molecular flexibility index (Phi) is 9.99. The van der Waals surface area contributed by atoms with Crippen LogP contribution in [0.15, 0.2) is 58.3 Å². The topological polar surface area (TPSA) is 28.2 Å². The fraction of sp³-hybridized carbons (Fsp3) is 0.0769. The van der Waals surface area contributed by atoms with Gasteiger partial charge in [-0.15, -0.1) is 0 Å². The largest absolute Gasteiger partial charge is 0.781 e. The van der Waals surface area contributed by atoms with E-state index in [2.05, 4.69) is 10.6 Å². The van der Waals surface area contributed by atoms with Crippen molar-refractivity contribution in [1.29, 1.82) is 0 Å². The first-order valence-corrected chi connectivity index (χ1v) is 11.6. The van der Waals surface area contributed by atoms with E-state index >= 15 is 17.6 Å². The van der Waals surface area contributed by atoms with Crippen LogP contribution < -0.4 is 0 Å². The van der Waals surface area contributed by atoms with Crippen LogP contribution in [0.5, 0.6) is 0 Å². The summed E-state index contributed by atoms with van der Waals surface area (Å²) in [5.41, 5.74) is -4.26. The van der Waals surface area contributed by atoms with Crippen LogP contribution in [0, 0.1) is 58.2 Å². The van der Waals surface area contributed by atoms with Crippen LogP contribution in [0.1, 0.15) is 23.2 Å². The monoisotopic (exact) mass is 662 g/mol. The average molecular weight is 663 g/mol. The van der Waals surface area contributed by atoms with Gasteiger partial charge >= 0.3 is 0 Å². The minimum Gasteiger partial charge on any atom is -0.781 e. The molecule has 0 bridgehead atoms. The molecule has 2 unspecified atom stereocenters. The summed E-state index contributed by atoms with van der Waals surface area (Å²) in [7, 11) is 0. The smallest absolute Gasteiger partial charge is 0.200 e. The number of hydrogen-bond donors (Lipinski definition) is 0. The number of para-hydroxylation sites is 2. The fourth-order valence-corrected chi connectivity index (χ4v) is 4.18. The molecule has 4 aromatic carbocycles. The predicted octanol–water partition coefficient (Wildman–Crippen LogP) is 9.08. The molecule has 0 heterocycles. The van der Waals surface area contributed by atoms with E-state index in [0.29, 0.717) is 0 Å². The normalized spacial score (nSPS) is 12.4. The zero-order valence-corrected chi connectivity index (χ0v) is 22.2. The van der Waals surface area contributed by atoms with E-state index in [-0.39, 0.29) is 37.7 Å². The number of nitrogens with zero attached hydrogens (tertiary/aromatic N) is 2. The Hall–Kier alpha value is -3.29. The first-order chi connectivity index (χ1) is 18.9. The zero-order valence-electron chi connectivity index (χ0n) is 19.6. The van der Waals surface area contributed by atoms with Gasteiger partial charge in [-0.2, -0.15) is 21.2 Å². The molecule has 2 nitrogen and oxygen atoms in total. The van der Waals surface area contributed by atoms with Crippen LogP contribution in [0.2, 0.25) is 0 Å². The molecule has 0 saturated heterocycles. The van der Waals surface area contributed by atoms with Crippen LogP contribution >= 0.6 is 0 Å². The average Bonchev–Trinajstić information content (AvgIpc) is 2.94. The molecule has 41 heavy (non-hydrogen) atoms. The Morgan fingerprint density at radius 1 is 0.415 bits per heavy atom. The summed E-state index contributed by atoms with van der Waals surface area (Å²) < 4.78 is 145. The molecule has 0 aromatic heterocycles. The van der Waals surface area contributed by atoms with Gasteiger partial charge in [0.05, 0.1) is 0 Å². The van der Waals surface area contributed by atoms with Crippen molar-refractivity contribution in [3.05, 3.63) is 128 Å². The van der Waals surface area contributed by atoms with Crippen molar-refractivity contribution in [3.8, 4) is 0 Å². The molecule has 0 spiro atoms. The second kappa shape index (κ2) is 12.7. The molecule has 0 N–H and O–H groups in total. The van der Waals surface area contributed by atoms with Gasteiger partial charge in [-0.1, -0.05) is 60.6 Å². The third kappa shape index (κ3) is 5.88. The van der Waals surface area contributed by atoms with E-state index in [9.17, 15) is 26.3 Å². The van der Waals surface area contributed by atoms with E-state index in [1.165, 1.54) is 36.4 Å². The zero-order chi connectivity index (χ0) is 29.5. The second-order valence-corrected chi connectivity index (χ2v) is 8.93. The Labute approximate surface area is 246 Å². The standard InChI is InChI=1S/C26H12F10N2S2.Ni/c27-15-13(16(28)20(32)23(35)19(15)31)25(37-9-5-1-3-7-11(9)39)26(38-10-6-2-4-8-12(10)40)14-17(29)21(33)24(36)22(34)18(14)30;/h1-8,25-26,39-40H;/q-2;/p-2. The molecular weight excluding hydrogens is 653 g/mol. The molecule has 0 saturated carbocycles. The van der Waals surface area contributed by atoms with Gasteiger partial charge in [-0.25, -0.2) is 43.9 Å². The van der Waals surface area contributed by atoms with E-state index in [0.717, 1.165) is 12.1 Å². The minimum atomic E-state index is -2.63. The Balaban J connectivity index is 0.00000462. The Morgan fingerprint density at radius 2 is 0.659 bits per heavy atom. The number of rotatable bonds is 7. The predicted molar refractivity (Wildman–Crippen MR) is 128 cm³/mol. The van der Waals surface area contributed by atoms with E-state index in [1.54, 1.807) is 0 Å². The maximum atomic E-state index is 15.1. The summed E-state index contributed by atoms with van der Waals surface area (Å²) in [5.74, 6) is -24.9. The molecule has 0 aliphatic rings. The van der Waals surface area contributed by atoms with Crippen molar-refractivity contribution >= 4 is 36.6 Å². The summed E-state index contributed by atoms with van der Waals surface area (Å²) in [6.45, 7) is 0. The van der Waals surface area contributed by atoms with Gasteiger partial charge in [0.2, 0.25) is 11.6 Å². The quantitative estimate of drug-likeness (QED) is 0.0649. The van der Waals surface area contributed by atoms with E-state index in [1.807, 2.05) is 0 Å². The molecule has 0 aliphatic carbocycles. The summed E-state index contributed by atoms with van der Waals surface area (Å²) in [6.07, 6.45) is 0. The van der Waals surface area contributed by atoms with Crippen molar-refractivity contribution in [2.24, 2.45) is 0 Å². The summed E-state index contributed by atoms with van der Waals surface area (Å²) in [6, 6.07) is 4.87. The first kappa shape index (κ1) is 32.2. The van der Waals surface area contributed by atoms with Gasteiger partial charge in [0.1, 0.15) is 0 Å². The van der Waals surface area contributed by atoms with Crippen molar-refractivity contribution in [2.75, 3.05) is 0 Å². The van der Waals surface area contributed by atoms with Gasteiger partial charge in [0, 0.05) is 27.6 Å². The third-order valence-electron chi connectivity index (χ3n) is 5.66. The van der Waals surface area contributed by atoms with Gasteiger partial charge in [-0.3, -0.25) is 0 Å². The molecular formula is C26H10F10N2NiS2-4. The third-order valence-corrected chi connectivity index (χ3v) is 6.36. The molecule has 4 rings (SSSR count). The van der Waals surface area contributed by atoms with Crippen LogP contribution in [-0.2, 0) is 41.7 Å². The van der Waals surface area contributed by atoms with Crippen LogP contribution in [0.4, 0.5) is 55.3 Å². The van der Waals surface area contributed by atoms with E-state index in [4.69, 9.17) is 25.3 Å². The maximum Gasteiger partial charge on any atom is 0.200 e. The molecule has 0 radical (unpaired) electrons. The van der Waals surface area contributed by atoms with Gasteiger partial charge in [0.25, 0.3) is 0 Å². The van der Waals surface area contributed by atoms with Crippen molar-refractivity contribution < 1.29 is 60.4 Å². The van der Waals surface area contributed by atoms with Gasteiger partial charge in [0.15, 0.2) is 46.5 Å². The van der Waals surface area contributed by atoms with Crippen LogP contribution in [-0.4, -0.2) is 0 Å². The van der Waals surface area contributed by atoms with Crippen molar-refractivity contribution in [2.45, 2.75) is 21.9 Å². The molecule has 15 heteroatoms. The second-order valence-electron chi connectivity index (χ2n) is 8.05. The summed E-state index contributed by atoms with van der Waals surface area (Å²) in [5, 5.41) is 7.78. The molecule has 220 valence electrons. The van der Waals surface area contributed by atoms with Crippen LogP contribution in [0.25, 0.3) is 10.6 Å².